The van der Waals surface area contributed by atoms with Gasteiger partial charge < -0.3 is 9.84 Å². The average molecular weight is 290 g/mol. The maximum absolute atomic E-state index is 12.4. The molecule has 1 aromatic carbocycles. The highest BCUT2D eigenvalue weighted by Gasteiger charge is 2.45. The third kappa shape index (κ3) is 3.13. The fourth-order valence-corrected chi connectivity index (χ4v) is 3.08. The van der Waals surface area contributed by atoms with Gasteiger partial charge >= 0.3 is 5.97 Å². The molecule has 0 aromatic heterocycles. The first-order chi connectivity index (χ1) is 9.65. The average Bonchev–Trinajstić information content (AvgIpc) is 2.41. The summed E-state index contributed by atoms with van der Waals surface area (Å²) in [4.78, 5) is 12.4. The molecule has 0 saturated carbocycles. The highest BCUT2D eigenvalue weighted by Crippen LogP contribution is 2.45. The van der Waals surface area contributed by atoms with Gasteiger partial charge in [0.15, 0.2) is 0 Å². The molecule has 0 heterocycles. The third-order valence-corrected chi connectivity index (χ3v) is 4.39. The number of esters is 1. The van der Waals surface area contributed by atoms with Gasteiger partial charge in [0, 0.05) is 0 Å². The van der Waals surface area contributed by atoms with Gasteiger partial charge in [-0.1, -0.05) is 31.2 Å². The molecule has 0 amide bonds. The molecule has 0 radical (unpaired) electrons. The summed E-state index contributed by atoms with van der Waals surface area (Å²) in [5.41, 5.74) is 0.345. The van der Waals surface area contributed by atoms with E-state index in [2.05, 4.69) is 6.92 Å². The number of hydrogen-bond acceptors (Lipinski definition) is 3. The fraction of sp³-hybridized carbons (Fsp3) is 0.611. The molecule has 1 aliphatic carbocycles. The van der Waals surface area contributed by atoms with Crippen LogP contribution in [0.4, 0.5) is 0 Å². The van der Waals surface area contributed by atoms with E-state index in [1.165, 1.54) is 0 Å². The standard InChI is InChI=1S/C18H26O3/c1-12-10-11-18(20,15-9-7-6-8-14(12)15)13(2)16(19)21-17(3,4)5/h6-9,12-13,20H,10-11H2,1-5H3. The topological polar surface area (TPSA) is 46.5 Å². The monoisotopic (exact) mass is 290 g/mol. The van der Waals surface area contributed by atoms with Gasteiger partial charge in [-0.15, -0.1) is 0 Å². The molecule has 3 heteroatoms. The lowest BCUT2D eigenvalue weighted by atomic mass is 9.69. The summed E-state index contributed by atoms with van der Waals surface area (Å²) in [5.74, 6) is -0.507. The quantitative estimate of drug-likeness (QED) is 0.844. The second kappa shape index (κ2) is 5.45. The number of carbonyl (C=O) groups is 1. The Bertz CT molecular complexity index is 530. The molecule has 3 nitrogen and oxygen atoms in total. The molecule has 0 fully saturated rings. The van der Waals surface area contributed by atoms with Crippen LogP contribution in [0.1, 0.15) is 64.5 Å². The van der Waals surface area contributed by atoms with Crippen LogP contribution in [-0.4, -0.2) is 16.7 Å². The number of hydrogen-bond donors (Lipinski definition) is 1. The van der Waals surface area contributed by atoms with Crippen molar-refractivity contribution in [2.75, 3.05) is 0 Å². The molecule has 1 N–H and O–H groups in total. The Morgan fingerprint density at radius 1 is 1.38 bits per heavy atom. The SMILES string of the molecule is CC1CCC(O)(C(C)C(=O)OC(C)(C)C)c2ccccc21. The fourth-order valence-electron chi connectivity index (χ4n) is 3.08. The zero-order valence-corrected chi connectivity index (χ0v) is 13.6. The molecular weight excluding hydrogens is 264 g/mol. The Labute approximate surface area is 127 Å². The lowest BCUT2D eigenvalue weighted by Crippen LogP contribution is -2.43. The number of fused-ring (bicyclic) bond motifs is 1. The van der Waals surface area contributed by atoms with Gasteiger partial charge in [-0.05, 0) is 57.6 Å². The van der Waals surface area contributed by atoms with Crippen LogP contribution in [0.15, 0.2) is 24.3 Å². The van der Waals surface area contributed by atoms with Crippen molar-refractivity contribution >= 4 is 5.97 Å². The molecule has 116 valence electrons. The van der Waals surface area contributed by atoms with Gasteiger partial charge in [-0.2, -0.15) is 0 Å². The molecule has 0 saturated heterocycles. The van der Waals surface area contributed by atoms with Gasteiger partial charge in [0.05, 0.1) is 5.92 Å². The Hall–Kier alpha value is -1.35. The molecule has 1 aliphatic rings. The van der Waals surface area contributed by atoms with E-state index in [1.807, 2.05) is 45.0 Å². The molecule has 2 rings (SSSR count). The Kier molecular flexibility index (Phi) is 4.16. The van der Waals surface area contributed by atoms with Gasteiger partial charge in [-0.3, -0.25) is 4.79 Å². The molecule has 0 bridgehead atoms. The second-order valence-corrected chi connectivity index (χ2v) is 7.21. The van der Waals surface area contributed by atoms with Crippen LogP contribution < -0.4 is 0 Å². The highest BCUT2D eigenvalue weighted by atomic mass is 16.6. The number of carbonyl (C=O) groups excluding carboxylic acids is 1. The zero-order chi connectivity index (χ0) is 15.8. The Morgan fingerprint density at radius 3 is 2.62 bits per heavy atom. The van der Waals surface area contributed by atoms with Crippen LogP contribution in [0.2, 0.25) is 0 Å². The van der Waals surface area contributed by atoms with E-state index >= 15 is 0 Å². The van der Waals surface area contributed by atoms with Crippen molar-refractivity contribution in [1.29, 1.82) is 0 Å². The first kappa shape index (κ1) is 16.0. The van der Waals surface area contributed by atoms with Crippen LogP contribution in [0.25, 0.3) is 0 Å². The van der Waals surface area contributed by atoms with Crippen molar-refractivity contribution in [2.45, 2.75) is 64.6 Å². The van der Waals surface area contributed by atoms with Crippen molar-refractivity contribution in [2.24, 2.45) is 5.92 Å². The van der Waals surface area contributed by atoms with Crippen molar-refractivity contribution in [3.63, 3.8) is 0 Å². The maximum atomic E-state index is 12.4. The first-order valence-electron chi connectivity index (χ1n) is 7.70. The van der Waals surface area contributed by atoms with Crippen LogP contribution >= 0.6 is 0 Å². The number of benzene rings is 1. The van der Waals surface area contributed by atoms with Crippen molar-refractivity contribution in [3.05, 3.63) is 35.4 Å². The molecule has 1 aromatic rings. The number of rotatable bonds is 2. The lowest BCUT2D eigenvalue weighted by Gasteiger charge is -2.41. The van der Waals surface area contributed by atoms with E-state index in [0.717, 1.165) is 17.5 Å². The van der Waals surface area contributed by atoms with Gasteiger partial charge in [0.25, 0.3) is 0 Å². The summed E-state index contributed by atoms with van der Waals surface area (Å²) in [5, 5.41) is 11.2. The maximum Gasteiger partial charge on any atom is 0.312 e. The lowest BCUT2D eigenvalue weighted by molar-refractivity contribution is -0.171. The highest BCUT2D eigenvalue weighted by molar-refractivity contribution is 5.74. The van der Waals surface area contributed by atoms with Crippen molar-refractivity contribution in [3.8, 4) is 0 Å². The molecular formula is C18H26O3. The van der Waals surface area contributed by atoms with Crippen LogP contribution in [0.3, 0.4) is 0 Å². The zero-order valence-electron chi connectivity index (χ0n) is 13.6. The van der Waals surface area contributed by atoms with Gasteiger partial charge in [-0.25, -0.2) is 0 Å². The number of aliphatic hydroxyl groups is 1. The third-order valence-electron chi connectivity index (χ3n) is 4.39. The van der Waals surface area contributed by atoms with E-state index in [-0.39, 0.29) is 5.97 Å². The van der Waals surface area contributed by atoms with Crippen molar-refractivity contribution < 1.29 is 14.6 Å². The summed E-state index contributed by atoms with van der Waals surface area (Å²) >= 11 is 0. The normalized spacial score (nSPS) is 26.9. The predicted octanol–water partition coefficient (Wildman–Crippen LogP) is 3.75. The molecule has 3 atom stereocenters. The molecule has 0 aliphatic heterocycles. The van der Waals surface area contributed by atoms with E-state index in [4.69, 9.17) is 4.74 Å². The molecule has 21 heavy (non-hydrogen) atoms. The van der Waals surface area contributed by atoms with Crippen molar-refractivity contribution in [1.82, 2.24) is 0 Å². The minimum absolute atomic E-state index is 0.339. The van der Waals surface area contributed by atoms with Gasteiger partial charge in [0.1, 0.15) is 11.2 Å². The minimum atomic E-state index is -1.13. The number of ether oxygens (including phenoxy) is 1. The second-order valence-electron chi connectivity index (χ2n) is 7.21. The minimum Gasteiger partial charge on any atom is -0.460 e. The summed E-state index contributed by atoms with van der Waals surface area (Å²) in [6.45, 7) is 9.47. The molecule has 0 spiro atoms. The summed E-state index contributed by atoms with van der Waals surface area (Å²) in [6, 6.07) is 7.89. The van der Waals surface area contributed by atoms with Crippen LogP contribution in [-0.2, 0) is 15.1 Å². The Morgan fingerprint density at radius 2 is 2.00 bits per heavy atom. The van der Waals surface area contributed by atoms with E-state index in [0.29, 0.717) is 12.3 Å². The Balaban J connectivity index is 2.34. The summed E-state index contributed by atoms with van der Waals surface area (Å²) < 4.78 is 5.46. The summed E-state index contributed by atoms with van der Waals surface area (Å²) in [6.07, 6.45) is 1.46. The van der Waals surface area contributed by atoms with E-state index < -0.39 is 17.1 Å². The molecule has 3 unspecified atom stereocenters. The largest absolute Gasteiger partial charge is 0.460 e. The van der Waals surface area contributed by atoms with Crippen LogP contribution in [0.5, 0.6) is 0 Å². The smallest absolute Gasteiger partial charge is 0.312 e. The van der Waals surface area contributed by atoms with E-state index in [1.54, 1.807) is 6.92 Å². The van der Waals surface area contributed by atoms with E-state index in [9.17, 15) is 9.90 Å². The predicted molar refractivity (Wildman–Crippen MR) is 83.0 cm³/mol. The first-order valence-corrected chi connectivity index (χ1v) is 7.70. The summed E-state index contributed by atoms with van der Waals surface area (Å²) in [7, 11) is 0. The van der Waals surface area contributed by atoms with Crippen LogP contribution in [0, 0.1) is 5.92 Å². The van der Waals surface area contributed by atoms with Gasteiger partial charge in [0.2, 0.25) is 0 Å².